The van der Waals surface area contributed by atoms with Crippen LogP contribution in [-0.2, 0) is 14.3 Å². The number of methoxy groups -OCH3 is 1. The summed E-state index contributed by atoms with van der Waals surface area (Å²) in [6.45, 7) is 5.88. The van der Waals surface area contributed by atoms with E-state index in [1.165, 1.54) is 7.11 Å². The summed E-state index contributed by atoms with van der Waals surface area (Å²) in [6, 6.07) is 0.176. The number of hydrogen-bond acceptors (Lipinski definition) is 4. The number of amides is 1. The lowest BCUT2D eigenvalue weighted by Gasteiger charge is -2.30. The molecule has 1 aliphatic heterocycles. The highest BCUT2D eigenvalue weighted by molar-refractivity contribution is 5.78. The van der Waals surface area contributed by atoms with Gasteiger partial charge in [0, 0.05) is 6.04 Å². The first kappa shape index (κ1) is 14.0. The van der Waals surface area contributed by atoms with Crippen LogP contribution < -0.4 is 5.32 Å². The van der Waals surface area contributed by atoms with Crippen molar-refractivity contribution in [3.05, 3.63) is 0 Å². The van der Waals surface area contributed by atoms with Crippen LogP contribution in [0.4, 0.5) is 0 Å². The van der Waals surface area contributed by atoms with E-state index in [2.05, 4.69) is 10.2 Å². The first-order valence-corrected chi connectivity index (χ1v) is 6.12. The second-order valence-electron chi connectivity index (χ2n) is 4.80. The number of hydrogen-bond donors (Lipinski definition) is 1. The van der Waals surface area contributed by atoms with E-state index in [4.69, 9.17) is 4.74 Å². The van der Waals surface area contributed by atoms with Gasteiger partial charge in [0.1, 0.15) is 0 Å². The molecule has 5 nitrogen and oxygen atoms in total. The summed E-state index contributed by atoms with van der Waals surface area (Å²) >= 11 is 0. The third-order valence-electron chi connectivity index (χ3n) is 2.94. The van der Waals surface area contributed by atoms with E-state index in [1.54, 1.807) is 0 Å². The standard InChI is InChI=1S/C12H22N2O3/c1-9(2)13-11(15)8-14-6-4-10(5-7-14)12(16)17-3/h9-10H,4-8H2,1-3H3,(H,13,15). The van der Waals surface area contributed by atoms with Gasteiger partial charge in [0.2, 0.25) is 5.91 Å². The van der Waals surface area contributed by atoms with Crippen molar-refractivity contribution in [3.8, 4) is 0 Å². The van der Waals surface area contributed by atoms with Crippen LogP contribution in [-0.4, -0.2) is 49.6 Å². The van der Waals surface area contributed by atoms with E-state index in [0.717, 1.165) is 25.9 Å². The first-order valence-electron chi connectivity index (χ1n) is 6.12. The Labute approximate surface area is 102 Å². The number of nitrogens with one attached hydrogen (secondary N) is 1. The zero-order valence-electron chi connectivity index (χ0n) is 10.9. The summed E-state index contributed by atoms with van der Waals surface area (Å²) in [6.07, 6.45) is 1.56. The fraction of sp³-hybridized carbons (Fsp3) is 0.833. The number of esters is 1. The van der Waals surface area contributed by atoms with E-state index in [1.807, 2.05) is 13.8 Å². The number of nitrogens with zero attached hydrogens (tertiary/aromatic N) is 1. The average Bonchev–Trinajstić information content (AvgIpc) is 2.28. The van der Waals surface area contributed by atoms with Crippen molar-refractivity contribution in [2.45, 2.75) is 32.7 Å². The number of carbonyl (C=O) groups excluding carboxylic acids is 2. The number of likely N-dealkylation sites (tertiary alicyclic amines) is 1. The quantitative estimate of drug-likeness (QED) is 0.725. The Balaban J connectivity index is 2.27. The molecule has 1 fully saturated rings. The Bertz CT molecular complexity index is 271. The van der Waals surface area contributed by atoms with Gasteiger partial charge in [0.25, 0.3) is 0 Å². The maximum Gasteiger partial charge on any atom is 0.308 e. The molecule has 1 amide bonds. The van der Waals surface area contributed by atoms with E-state index in [0.29, 0.717) is 6.54 Å². The molecular weight excluding hydrogens is 220 g/mol. The summed E-state index contributed by atoms with van der Waals surface area (Å²) in [4.78, 5) is 25.0. The monoisotopic (exact) mass is 242 g/mol. The summed E-state index contributed by atoms with van der Waals surface area (Å²) < 4.78 is 4.72. The SMILES string of the molecule is COC(=O)C1CCN(CC(=O)NC(C)C)CC1. The van der Waals surface area contributed by atoms with Crippen molar-refractivity contribution < 1.29 is 14.3 Å². The maximum absolute atomic E-state index is 11.5. The predicted octanol–water partition coefficient (Wildman–Crippen LogP) is 0.396. The molecule has 1 rings (SSSR count). The van der Waals surface area contributed by atoms with Crippen molar-refractivity contribution in [2.75, 3.05) is 26.7 Å². The molecule has 0 aromatic rings. The lowest BCUT2D eigenvalue weighted by Crippen LogP contribution is -2.44. The van der Waals surface area contributed by atoms with Gasteiger partial charge in [-0.3, -0.25) is 14.5 Å². The second kappa shape index (κ2) is 6.59. The van der Waals surface area contributed by atoms with Crippen LogP contribution in [0.5, 0.6) is 0 Å². The van der Waals surface area contributed by atoms with Gasteiger partial charge in [-0.25, -0.2) is 0 Å². The van der Waals surface area contributed by atoms with Crippen molar-refractivity contribution in [3.63, 3.8) is 0 Å². The highest BCUT2D eigenvalue weighted by Gasteiger charge is 2.26. The van der Waals surface area contributed by atoms with Crippen LogP contribution in [0.15, 0.2) is 0 Å². The molecular formula is C12H22N2O3. The average molecular weight is 242 g/mol. The molecule has 0 atom stereocenters. The number of rotatable bonds is 4. The zero-order valence-corrected chi connectivity index (χ0v) is 10.9. The molecule has 0 unspecified atom stereocenters. The first-order chi connectivity index (χ1) is 8.02. The minimum absolute atomic E-state index is 0.00408. The smallest absolute Gasteiger partial charge is 0.308 e. The topological polar surface area (TPSA) is 58.6 Å². The van der Waals surface area contributed by atoms with Crippen molar-refractivity contribution in [1.82, 2.24) is 10.2 Å². The Kier molecular flexibility index (Phi) is 5.41. The minimum atomic E-state index is -0.128. The third kappa shape index (κ3) is 4.73. The maximum atomic E-state index is 11.5. The Morgan fingerprint density at radius 3 is 2.41 bits per heavy atom. The molecule has 1 heterocycles. The molecule has 98 valence electrons. The fourth-order valence-electron chi connectivity index (χ4n) is 2.06. The van der Waals surface area contributed by atoms with Gasteiger partial charge in [-0.1, -0.05) is 0 Å². The largest absolute Gasteiger partial charge is 0.469 e. The van der Waals surface area contributed by atoms with Crippen LogP contribution in [0.1, 0.15) is 26.7 Å². The van der Waals surface area contributed by atoms with Crippen molar-refractivity contribution in [1.29, 1.82) is 0 Å². The van der Waals surface area contributed by atoms with E-state index >= 15 is 0 Å². The number of ether oxygens (including phenoxy) is 1. The van der Waals surface area contributed by atoms with Gasteiger partial charge in [-0.15, -0.1) is 0 Å². The van der Waals surface area contributed by atoms with E-state index < -0.39 is 0 Å². The van der Waals surface area contributed by atoms with Gasteiger partial charge < -0.3 is 10.1 Å². The van der Waals surface area contributed by atoms with Gasteiger partial charge in [0.15, 0.2) is 0 Å². The van der Waals surface area contributed by atoms with E-state index in [9.17, 15) is 9.59 Å². The minimum Gasteiger partial charge on any atom is -0.469 e. The van der Waals surface area contributed by atoms with Gasteiger partial charge in [0.05, 0.1) is 19.6 Å². The van der Waals surface area contributed by atoms with Gasteiger partial charge >= 0.3 is 5.97 Å². The molecule has 0 aromatic carbocycles. The van der Waals surface area contributed by atoms with Crippen LogP contribution in [0.3, 0.4) is 0 Å². The van der Waals surface area contributed by atoms with Crippen LogP contribution in [0.25, 0.3) is 0 Å². The summed E-state index contributed by atoms with van der Waals surface area (Å²) in [5.74, 6) is -0.0720. The lowest BCUT2D eigenvalue weighted by molar-refractivity contribution is -0.147. The number of carbonyl (C=O) groups is 2. The normalized spacial score (nSPS) is 18.1. The molecule has 0 aromatic heterocycles. The molecule has 0 spiro atoms. The van der Waals surface area contributed by atoms with Crippen molar-refractivity contribution >= 4 is 11.9 Å². The van der Waals surface area contributed by atoms with Crippen LogP contribution in [0, 0.1) is 5.92 Å². The zero-order chi connectivity index (χ0) is 12.8. The molecule has 0 bridgehead atoms. The van der Waals surface area contributed by atoms with Gasteiger partial charge in [-0.05, 0) is 39.8 Å². The number of piperidine rings is 1. The van der Waals surface area contributed by atoms with Gasteiger partial charge in [-0.2, -0.15) is 0 Å². The van der Waals surface area contributed by atoms with E-state index in [-0.39, 0.29) is 23.8 Å². The van der Waals surface area contributed by atoms with Crippen LogP contribution >= 0.6 is 0 Å². The summed E-state index contributed by atoms with van der Waals surface area (Å²) in [5.41, 5.74) is 0. The molecule has 1 N–H and O–H groups in total. The van der Waals surface area contributed by atoms with Crippen LogP contribution in [0.2, 0.25) is 0 Å². The highest BCUT2D eigenvalue weighted by Crippen LogP contribution is 2.17. The third-order valence-corrected chi connectivity index (χ3v) is 2.94. The summed E-state index contributed by atoms with van der Waals surface area (Å²) in [7, 11) is 1.42. The lowest BCUT2D eigenvalue weighted by atomic mass is 9.97. The van der Waals surface area contributed by atoms with Crippen molar-refractivity contribution in [2.24, 2.45) is 5.92 Å². The fourth-order valence-corrected chi connectivity index (χ4v) is 2.06. The Hall–Kier alpha value is -1.10. The second-order valence-corrected chi connectivity index (χ2v) is 4.80. The molecule has 5 heteroatoms. The molecule has 0 radical (unpaired) electrons. The molecule has 0 aliphatic carbocycles. The Morgan fingerprint density at radius 1 is 1.35 bits per heavy atom. The molecule has 1 saturated heterocycles. The highest BCUT2D eigenvalue weighted by atomic mass is 16.5. The Morgan fingerprint density at radius 2 is 1.94 bits per heavy atom. The summed E-state index contributed by atoms with van der Waals surface area (Å²) in [5, 5.41) is 2.86. The predicted molar refractivity (Wildman–Crippen MR) is 64.5 cm³/mol. The molecule has 0 saturated carbocycles. The molecule has 1 aliphatic rings. The molecule has 17 heavy (non-hydrogen) atoms.